The molecule has 1 atom stereocenters. The molecule has 29 heavy (non-hydrogen) atoms. The molecule has 1 aromatic rings. The van der Waals surface area contributed by atoms with Crippen LogP contribution in [-0.4, -0.2) is 54.1 Å². The molecule has 2 aliphatic heterocycles. The van der Waals surface area contributed by atoms with Gasteiger partial charge in [-0.05, 0) is 45.9 Å². The lowest BCUT2D eigenvalue weighted by atomic mass is 9.88. The van der Waals surface area contributed by atoms with Crippen LogP contribution in [0.1, 0.15) is 57.2 Å². The van der Waals surface area contributed by atoms with Gasteiger partial charge in [0, 0.05) is 38.0 Å². The maximum absolute atomic E-state index is 13.1. The predicted octanol–water partition coefficient (Wildman–Crippen LogP) is 4.28. The van der Waals surface area contributed by atoms with Crippen LogP contribution in [0.3, 0.4) is 0 Å². The number of aliphatic imine (C=N–C) groups is 1. The number of likely N-dealkylation sites (tertiary alicyclic amines) is 1. The van der Waals surface area contributed by atoms with Crippen LogP contribution >= 0.6 is 0 Å². The van der Waals surface area contributed by atoms with Crippen molar-refractivity contribution in [3.8, 4) is 0 Å². The Kier molecular flexibility index (Phi) is 6.10. The molecule has 0 radical (unpaired) electrons. The van der Waals surface area contributed by atoms with Crippen LogP contribution in [0.5, 0.6) is 0 Å². The van der Waals surface area contributed by atoms with Gasteiger partial charge in [-0.15, -0.1) is 0 Å². The minimum atomic E-state index is -0.504. The molecule has 0 spiro atoms. The van der Waals surface area contributed by atoms with Gasteiger partial charge in [0.15, 0.2) is 0 Å². The number of fused-ring (bicyclic) bond motifs is 1. The number of carbonyl (C=O) groups is 2. The molecule has 1 unspecified atom stereocenters. The van der Waals surface area contributed by atoms with Crippen LogP contribution in [0.15, 0.2) is 35.5 Å². The molecule has 1 saturated heterocycles. The summed E-state index contributed by atoms with van der Waals surface area (Å²) < 4.78 is 5.44. The van der Waals surface area contributed by atoms with Crippen molar-refractivity contribution in [2.45, 2.75) is 51.7 Å². The Morgan fingerprint density at radius 3 is 2.52 bits per heavy atom. The average molecular weight is 398 g/mol. The van der Waals surface area contributed by atoms with Gasteiger partial charge in [0.1, 0.15) is 11.4 Å². The number of hydrogen-bond donors (Lipinski definition) is 0. The van der Waals surface area contributed by atoms with Crippen molar-refractivity contribution < 1.29 is 14.3 Å². The molecule has 0 aliphatic carbocycles. The first-order valence-corrected chi connectivity index (χ1v) is 10.2. The summed E-state index contributed by atoms with van der Waals surface area (Å²) >= 11 is 0. The SMILES string of the molecule is C=N/C=C1/c2ccccc2C(CC(=O)C2CCN(C(=O)OC(C)(C)C)CC2)N1C. The summed E-state index contributed by atoms with van der Waals surface area (Å²) in [4.78, 5) is 33.1. The molecule has 0 saturated carbocycles. The third-order valence-corrected chi connectivity index (χ3v) is 5.65. The highest BCUT2D eigenvalue weighted by atomic mass is 16.6. The number of ether oxygens (including phenoxy) is 1. The lowest BCUT2D eigenvalue weighted by molar-refractivity contribution is -0.125. The molecule has 0 N–H and O–H groups in total. The Labute approximate surface area is 173 Å². The fourth-order valence-electron chi connectivity index (χ4n) is 4.15. The highest BCUT2D eigenvalue weighted by molar-refractivity contribution is 5.84. The van der Waals surface area contributed by atoms with Crippen LogP contribution in [-0.2, 0) is 9.53 Å². The van der Waals surface area contributed by atoms with Crippen molar-refractivity contribution in [3.05, 3.63) is 41.6 Å². The van der Waals surface area contributed by atoms with Gasteiger partial charge in [0.2, 0.25) is 0 Å². The fraction of sp³-hybridized carbons (Fsp3) is 0.522. The minimum Gasteiger partial charge on any atom is -0.444 e. The lowest BCUT2D eigenvalue weighted by Gasteiger charge is -2.33. The molecular formula is C23H31N3O3. The minimum absolute atomic E-state index is 0.00980. The van der Waals surface area contributed by atoms with Crippen molar-refractivity contribution in [2.75, 3.05) is 20.1 Å². The summed E-state index contributed by atoms with van der Waals surface area (Å²) in [6.45, 7) is 10.3. The van der Waals surface area contributed by atoms with E-state index >= 15 is 0 Å². The van der Waals surface area contributed by atoms with E-state index < -0.39 is 5.60 Å². The number of ketones is 1. The standard InChI is InChI=1S/C23H31N3O3/c1-23(2,3)29-22(28)26-12-10-16(11-13-26)21(27)14-19-17-8-6-7-9-18(17)20(15-24-4)25(19)5/h6-9,15-16,19H,4,10-14H2,1-3,5H3/b20-15-. The van der Waals surface area contributed by atoms with E-state index in [-0.39, 0.29) is 23.8 Å². The molecule has 1 amide bonds. The molecule has 6 nitrogen and oxygen atoms in total. The average Bonchev–Trinajstić information content (AvgIpc) is 2.93. The van der Waals surface area contributed by atoms with E-state index in [0.717, 1.165) is 16.8 Å². The van der Waals surface area contributed by atoms with E-state index in [1.165, 1.54) is 0 Å². The molecule has 6 heteroatoms. The number of carbonyl (C=O) groups excluding carboxylic acids is 2. The van der Waals surface area contributed by atoms with Crippen LogP contribution in [0.2, 0.25) is 0 Å². The molecule has 1 fully saturated rings. The second kappa shape index (κ2) is 8.39. The normalized spacial score (nSPS) is 21.2. The van der Waals surface area contributed by atoms with Gasteiger partial charge in [0.05, 0.1) is 17.9 Å². The largest absolute Gasteiger partial charge is 0.444 e. The maximum Gasteiger partial charge on any atom is 0.410 e. The molecule has 0 aromatic heterocycles. The first-order valence-electron chi connectivity index (χ1n) is 10.2. The van der Waals surface area contributed by atoms with Crippen molar-refractivity contribution in [1.82, 2.24) is 9.80 Å². The van der Waals surface area contributed by atoms with E-state index in [0.29, 0.717) is 32.4 Å². The van der Waals surface area contributed by atoms with Crippen molar-refractivity contribution in [1.29, 1.82) is 0 Å². The van der Waals surface area contributed by atoms with Crippen LogP contribution in [0, 0.1) is 5.92 Å². The first kappa shape index (κ1) is 21.1. The second-order valence-corrected chi connectivity index (χ2v) is 8.82. The molecule has 0 bridgehead atoms. The van der Waals surface area contributed by atoms with Gasteiger partial charge in [-0.1, -0.05) is 24.3 Å². The molecule has 2 aliphatic rings. The van der Waals surface area contributed by atoms with Crippen molar-refractivity contribution in [3.63, 3.8) is 0 Å². The van der Waals surface area contributed by atoms with Gasteiger partial charge in [-0.2, -0.15) is 0 Å². The third-order valence-electron chi connectivity index (χ3n) is 5.65. The van der Waals surface area contributed by atoms with Crippen molar-refractivity contribution >= 4 is 24.3 Å². The van der Waals surface area contributed by atoms with E-state index in [2.05, 4.69) is 28.7 Å². The Balaban J connectivity index is 1.63. The molecule has 156 valence electrons. The quantitative estimate of drug-likeness (QED) is 0.712. The Morgan fingerprint density at radius 2 is 1.90 bits per heavy atom. The van der Waals surface area contributed by atoms with Gasteiger partial charge in [-0.25, -0.2) is 4.79 Å². The molecular weight excluding hydrogens is 366 g/mol. The van der Waals surface area contributed by atoms with E-state index in [9.17, 15) is 9.59 Å². The van der Waals surface area contributed by atoms with E-state index in [1.54, 1.807) is 11.1 Å². The smallest absolute Gasteiger partial charge is 0.410 e. The summed E-state index contributed by atoms with van der Waals surface area (Å²) in [5.41, 5.74) is 2.76. The topological polar surface area (TPSA) is 62.2 Å². The van der Waals surface area contributed by atoms with Crippen LogP contribution < -0.4 is 0 Å². The molecule has 1 aromatic carbocycles. The summed E-state index contributed by atoms with van der Waals surface area (Å²) in [5.74, 6) is 0.244. The number of Topliss-reactive ketones (excluding diaryl/α,β-unsaturated/α-hetero) is 1. The lowest BCUT2D eigenvalue weighted by Crippen LogP contribution is -2.43. The fourth-order valence-corrected chi connectivity index (χ4v) is 4.15. The summed E-state index contributed by atoms with van der Waals surface area (Å²) in [7, 11) is 2.00. The third kappa shape index (κ3) is 4.69. The predicted molar refractivity (Wildman–Crippen MR) is 115 cm³/mol. The highest BCUT2D eigenvalue weighted by Gasteiger charge is 2.35. The Hall–Kier alpha value is -2.63. The number of hydrogen-bond acceptors (Lipinski definition) is 5. The van der Waals surface area contributed by atoms with E-state index in [4.69, 9.17) is 4.74 Å². The van der Waals surface area contributed by atoms with Gasteiger partial charge in [0.25, 0.3) is 0 Å². The molecule has 3 rings (SSSR count). The summed E-state index contributed by atoms with van der Waals surface area (Å²) in [6, 6.07) is 8.16. The summed E-state index contributed by atoms with van der Waals surface area (Å²) in [6.07, 6.45) is 3.29. The molecule has 2 heterocycles. The Morgan fingerprint density at radius 1 is 1.24 bits per heavy atom. The number of amides is 1. The van der Waals surface area contributed by atoms with Crippen LogP contribution in [0.4, 0.5) is 4.79 Å². The first-order chi connectivity index (χ1) is 13.7. The summed E-state index contributed by atoms with van der Waals surface area (Å²) in [5, 5.41) is 0. The number of nitrogens with zero attached hydrogens (tertiary/aromatic N) is 3. The number of piperidine rings is 1. The monoisotopic (exact) mass is 397 g/mol. The maximum atomic E-state index is 13.1. The second-order valence-electron chi connectivity index (χ2n) is 8.82. The Bertz CT molecular complexity index is 817. The van der Waals surface area contributed by atoms with Gasteiger partial charge >= 0.3 is 6.09 Å². The van der Waals surface area contributed by atoms with E-state index in [1.807, 2.05) is 40.0 Å². The number of rotatable bonds is 4. The van der Waals surface area contributed by atoms with Crippen LogP contribution in [0.25, 0.3) is 5.70 Å². The highest BCUT2D eigenvalue weighted by Crippen LogP contribution is 2.42. The zero-order valence-corrected chi connectivity index (χ0v) is 17.9. The zero-order chi connectivity index (χ0) is 21.2. The van der Waals surface area contributed by atoms with Gasteiger partial charge < -0.3 is 14.5 Å². The number of benzene rings is 1. The zero-order valence-electron chi connectivity index (χ0n) is 17.9. The van der Waals surface area contributed by atoms with Crippen molar-refractivity contribution in [2.24, 2.45) is 10.9 Å². The van der Waals surface area contributed by atoms with Gasteiger partial charge in [-0.3, -0.25) is 9.79 Å².